The summed E-state index contributed by atoms with van der Waals surface area (Å²) in [5.41, 5.74) is 0.650. The quantitative estimate of drug-likeness (QED) is 0.535. The smallest absolute Gasteiger partial charge is 0.244 e. The molecule has 11 heteroatoms. The molecule has 2 aromatic heterocycles. The first-order chi connectivity index (χ1) is 15.8. The first-order valence-electron chi connectivity index (χ1n) is 10.7. The number of benzene rings is 1. The van der Waals surface area contributed by atoms with Gasteiger partial charge in [-0.1, -0.05) is 5.16 Å². The van der Waals surface area contributed by atoms with E-state index >= 15 is 0 Å². The van der Waals surface area contributed by atoms with E-state index in [-0.39, 0.29) is 17.3 Å². The number of amides is 1. The summed E-state index contributed by atoms with van der Waals surface area (Å²) in [5.74, 6) is 0.889. The highest BCUT2D eigenvalue weighted by Crippen LogP contribution is 2.35. The largest absolute Gasteiger partial charge is 0.494 e. The lowest BCUT2D eigenvalue weighted by atomic mass is 9.99. The summed E-state index contributed by atoms with van der Waals surface area (Å²) in [7, 11) is -3.76. The Morgan fingerprint density at radius 2 is 2.06 bits per heavy atom. The number of hydrogen-bond acceptors (Lipinski definition) is 8. The highest BCUT2D eigenvalue weighted by molar-refractivity contribution is 7.89. The Labute approximate surface area is 196 Å². The summed E-state index contributed by atoms with van der Waals surface area (Å²) in [4.78, 5) is 18.5. The molecule has 1 aliphatic heterocycles. The van der Waals surface area contributed by atoms with Crippen molar-refractivity contribution >= 4 is 33.0 Å². The van der Waals surface area contributed by atoms with Crippen LogP contribution in [0.1, 0.15) is 30.5 Å². The third kappa shape index (κ3) is 5.10. The van der Waals surface area contributed by atoms with Crippen LogP contribution in [-0.4, -0.2) is 48.5 Å². The summed E-state index contributed by atoms with van der Waals surface area (Å²) < 4.78 is 38.6. The van der Waals surface area contributed by atoms with Crippen LogP contribution in [-0.2, 0) is 14.8 Å². The average molecular weight is 491 g/mol. The second-order valence-electron chi connectivity index (χ2n) is 7.82. The fourth-order valence-electron chi connectivity index (χ4n) is 3.79. The Morgan fingerprint density at radius 3 is 2.73 bits per heavy atom. The van der Waals surface area contributed by atoms with E-state index in [0.717, 1.165) is 5.75 Å². The van der Waals surface area contributed by atoms with Crippen LogP contribution >= 0.6 is 11.3 Å². The maximum absolute atomic E-state index is 13.4. The molecule has 1 atom stereocenters. The molecule has 0 radical (unpaired) electrons. The van der Waals surface area contributed by atoms with Crippen molar-refractivity contribution in [2.45, 2.75) is 38.5 Å². The van der Waals surface area contributed by atoms with Crippen molar-refractivity contribution < 1.29 is 22.5 Å². The number of nitrogens with one attached hydrogen (secondary N) is 1. The molecule has 1 unspecified atom stereocenters. The third-order valence-electron chi connectivity index (χ3n) is 5.43. The minimum Gasteiger partial charge on any atom is -0.494 e. The molecular weight excluding hydrogens is 464 g/mol. The van der Waals surface area contributed by atoms with E-state index in [2.05, 4.69) is 15.5 Å². The monoisotopic (exact) mass is 490 g/mol. The number of piperidine rings is 1. The Balaban J connectivity index is 1.47. The minimum absolute atomic E-state index is 0.136. The highest BCUT2D eigenvalue weighted by Gasteiger charge is 2.35. The Kier molecular flexibility index (Phi) is 6.82. The third-order valence-corrected chi connectivity index (χ3v) is 8.59. The molecular formula is C22H26N4O5S2. The van der Waals surface area contributed by atoms with Crippen LogP contribution in [0.2, 0.25) is 0 Å². The Hall–Kier alpha value is -2.76. The molecule has 33 heavy (non-hydrogen) atoms. The highest BCUT2D eigenvalue weighted by atomic mass is 32.2. The van der Waals surface area contributed by atoms with Gasteiger partial charge in [0.1, 0.15) is 5.75 Å². The number of anilines is 1. The molecule has 3 aromatic rings. The Morgan fingerprint density at radius 1 is 1.30 bits per heavy atom. The molecule has 1 aromatic carbocycles. The van der Waals surface area contributed by atoms with Crippen LogP contribution in [0.5, 0.6) is 5.75 Å². The number of carbonyl (C=O) groups excluding carboxylic acids is 1. The van der Waals surface area contributed by atoms with E-state index < -0.39 is 15.9 Å². The van der Waals surface area contributed by atoms with Gasteiger partial charge in [-0.25, -0.2) is 8.42 Å². The number of carbonyl (C=O) groups is 1. The second kappa shape index (κ2) is 9.62. The van der Waals surface area contributed by atoms with Gasteiger partial charge < -0.3 is 14.6 Å². The van der Waals surface area contributed by atoms with Gasteiger partial charge in [0.05, 0.1) is 22.3 Å². The number of sulfonamides is 1. The lowest BCUT2D eigenvalue weighted by Crippen LogP contribution is -2.43. The lowest BCUT2D eigenvalue weighted by Gasteiger charge is -2.31. The molecule has 0 spiro atoms. The van der Waals surface area contributed by atoms with Crippen molar-refractivity contribution in [3.05, 3.63) is 41.1 Å². The topological polar surface area (TPSA) is 115 Å². The number of ether oxygens (including phenoxy) is 1. The predicted molar refractivity (Wildman–Crippen MR) is 125 cm³/mol. The van der Waals surface area contributed by atoms with Crippen molar-refractivity contribution in [3.63, 3.8) is 0 Å². The lowest BCUT2D eigenvalue weighted by molar-refractivity contribution is -0.120. The van der Waals surface area contributed by atoms with Crippen LogP contribution in [0.25, 0.3) is 10.7 Å². The van der Waals surface area contributed by atoms with Crippen molar-refractivity contribution in [3.8, 4) is 16.5 Å². The zero-order valence-electron chi connectivity index (χ0n) is 18.7. The summed E-state index contributed by atoms with van der Waals surface area (Å²) in [6.45, 7) is 6.42. The second-order valence-corrected chi connectivity index (χ2v) is 11.0. The molecule has 9 nitrogen and oxygen atoms in total. The molecule has 0 aliphatic carbocycles. The molecule has 0 bridgehead atoms. The van der Waals surface area contributed by atoms with Gasteiger partial charge in [0.15, 0.2) is 0 Å². The normalized spacial score (nSPS) is 17.1. The van der Waals surface area contributed by atoms with Crippen molar-refractivity contribution in [2.24, 2.45) is 5.92 Å². The minimum atomic E-state index is -3.76. The Bertz CT molecular complexity index is 1230. The van der Waals surface area contributed by atoms with Gasteiger partial charge in [-0.2, -0.15) is 9.29 Å². The van der Waals surface area contributed by atoms with E-state index in [1.807, 2.05) is 6.92 Å². The SMILES string of the molecule is CCOc1ccc(NC(=O)C2CCCN(S(=O)(=O)c3cc(-c4noc(C)n4)sc3C)C2)cc1. The van der Waals surface area contributed by atoms with Crippen LogP contribution in [0.3, 0.4) is 0 Å². The maximum Gasteiger partial charge on any atom is 0.244 e. The van der Waals surface area contributed by atoms with Gasteiger partial charge in [0.2, 0.25) is 27.6 Å². The fourth-order valence-corrected chi connectivity index (χ4v) is 6.80. The van der Waals surface area contributed by atoms with Gasteiger partial charge in [-0.15, -0.1) is 11.3 Å². The van der Waals surface area contributed by atoms with Crippen LogP contribution in [0.15, 0.2) is 39.8 Å². The van der Waals surface area contributed by atoms with Crippen molar-refractivity contribution in [1.29, 1.82) is 0 Å². The molecule has 1 aliphatic rings. The van der Waals surface area contributed by atoms with Gasteiger partial charge in [-0.05, 0) is 57.0 Å². The molecule has 1 saturated heterocycles. The average Bonchev–Trinajstić information content (AvgIpc) is 3.41. The zero-order valence-corrected chi connectivity index (χ0v) is 20.3. The number of thiophene rings is 1. The van der Waals surface area contributed by atoms with Gasteiger partial charge >= 0.3 is 0 Å². The molecule has 4 rings (SSSR count). The number of nitrogens with zero attached hydrogens (tertiary/aromatic N) is 3. The van der Waals surface area contributed by atoms with Gasteiger partial charge in [0, 0.05) is 30.6 Å². The number of hydrogen-bond donors (Lipinski definition) is 1. The molecule has 1 N–H and O–H groups in total. The molecule has 3 heterocycles. The fraction of sp³-hybridized carbons (Fsp3) is 0.409. The number of aromatic nitrogens is 2. The first kappa shape index (κ1) is 23.4. The molecule has 176 valence electrons. The van der Waals surface area contributed by atoms with Gasteiger partial charge in [-0.3, -0.25) is 4.79 Å². The van der Waals surface area contributed by atoms with Crippen LogP contribution in [0, 0.1) is 19.8 Å². The van der Waals surface area contributed by atoms with Crippen LogP contribution < -0.4 is 10.1 Å². The maximum atomic E-state index is 13.4. The van der Waals surface area contributed by atoms with Gasteiger partial charge in [0.25, 0.3) is 0 Å². The van der Waals surface area contributed by atoms with E-state index in [9.17, 15) is 13.2 Å². The zero-order chi connectivity index (χ0) is 23.6. The number of aryl methyl sites for hydroxylation is 2. The summed E-state index contributed by atoms with van der Waals surface area (Å²) in [5, 5.41) is 6.77. The van der Waals surface area contributed by atoms with Crippen LogP contribution in [0.4, 0.5) is 5.69 Å². The van der Waals surface area contributed by atoms with E-state index in [4.69, 9.17) is 9.26 Å². The summed E-state index contributed by atoms with van der Waals surface area (Å²) in [6, 6.07) is 8.72. The molecule has 1 amide bonds. The predicted octanol–water partition coefficient (Wildman–Crippen LogP) is 3.85. The standard InChI is InChI=1S/C22H26N4O5S2/c1-4-30-18-9-7-17(8-10-18)24-22(27)16-6-5-11-26(13-16)33(28,29)20-12-19(32-14(20)2)21-23-15(3)31-25-21/h7-10,12,16H,4-6,11,13H2,1-3H3,(H,24,27). The summed E-state index contributed by atoms with van der Waals surface area (Å²) >= 11 is 1.30. The van der Waals surface area contributed by atoms with E-state index in [0.29, 0.717) is 53.2 Å². The van der Waals surface area contributed by atoms with Crippen molar-refractivity contribution in [2.75, 3.05) is 25.0 Å². The first-order valence-corrected chi connectivity index (χ1v) is 13.0. The molecule has 1 fully saturated rings. The van der Waals surface area contributed by atoms with E-state index in [1.54, 1.807) is 44.2 Å². The summed E-state index contributed by atoms with van der Waals surface area (Å²) in [6.07, 6.45) is 1.24. The number of rotatable bonds is 7. The van der Waals surface area contributed by atoms with Crippen molar-refractivity contribution in [1.82, 2.24) is 14.4 Å². The van der Waals surface area contributed by atoms with E-state index in [1.165, 1.54) is 15.6 Å². The molecule has 0 saturated carbocycles.